The van der Waals surface area contributed by atoms with E-state index < -0.39 is 24.3 Å². The Morgan fingerprint density at radius 3 is 2.69 bits per heavy atom. The molecule has 1 N–H and O–H groups in total. The highest BCUT2D eigenvalue weighted by atomic mass is 32.2. The van der Waals surface area contributed by atoms with Gasteiger partial charge in [-0.25, -0.2) is 4.79 Å². The highest BCUT2D eigenvalue weighted by molar-refractivity contribution is 8.13. The molecule has 1 aliphatic heterocycles. The van der Waals surface area contributed by atoms with E-state index in [2.05, 4.69) is 15.0 Å². The van der Waals surface area contributed by atoms with Crippen LogP contribution in [0, 0.1) is 0 Å². The Morgan fingerprint density at radius 2 is 2.14 bits per heavy atom. The Balaban J connectivity index is 2.20. The molecule has 160 valence electrons. The molecular weight excluding hydrogens is 411 g/mol. The van der Waals surface area contributed by atoms with E-state index in [-0.39, 0.29) is 23.5 Å². The monoisotopic (exact) mass is 433 g/mol. The first kappa shape index (κ1) is 23.1. The standard InChI is InChI=1S/C18H22F3N3O4S/c1-4-10(2)23-15(28-17(27)18(19,20)21)16(26)24(3)11-5-6-13(25)12(7-11)14-8-22-9-29-14/h5,7,9-10,14-15,23H,4,6,8H2,1-3H3. The van der Waals surface area contributed by atoms with E-state index in [1.807, 2.05) is 0 Å². The number of ketones is 1. The highest BCUT2D eigenvalue weighted by Crippen LogP contribution is 2.29. The zero-order chi connectivity index (χ0) is 21.8. The average Bonchev–Trinajstić information content (AvgIpc) is 3.20. The predicted octanol–water partition coefficient (Wildman–Crippen LogP) is 2.19. The topological polar surface area (TPSA) is 88.1 Å². The Morgan fingerprint density at radius 1 is 1.45 bits per heavy atom. The van der Waals surface area contributed by atoms with Crippen molar-refractivity contribution in [1.82, 2.24) is 10.2 Å². The molecule has 0 aromatic carbocycles. The summed E-state index contributed by atoms with van der Waals surface area (Å²) >= 11 is 1.39. The number of rotatable bonds is 7. The van der Waals surface area contributed by atoms with Gasteiger partial charge in [0, 0.05) is 30.8 Å². The van der Waals surface area contributed by atoms with Crippen LogP contribution in [-0.2, 0) is 19.1 Å². The fourth-order valence-corrected chi connectivity index (χ4v) is 3.44. The molecule has 2 rings (SSSR count). The first-order valence-corrected chi connectivity index (χ1v) is 9.89. The summed E-state index contributed by atoms with van der Waals surface area (Å²) in [5, 5.41) is 2.43. The number of aliphatic imine (C=N–C) groups is 1. The van der Waals surface area contributed by atoms with Crippen molar-refractivity contribution in [3.63, 3.8) is 0 Å². The number of hydrogen-bond acceptors (Lipinski definition) is 7. The molecular formula is C18H22F3N3O4S. The number of allylic oxidation sites excluding steroid dienone is 2. The zero-order valence-electron chi connectivity index (χ0n) is 16.2. The molecule has 0 spiro atoms. The van der Waals surface area contributed by atoms with E-state index in [1.165, 1.54) is 31.0 Å². The molecule has 0 radical (unpaired) electrons. The fraction of sp³-hybridized carbons (Fsp3) is 0.556. The van der Waals surface area contributed by atoms with Crippen LogP contribution in [0.1, 0.15) is 26.7 Å². The molecule has 0 aromatic rings. The van der Waals surface area contributed by atoms with Crippen LogP contribution in [0.2, 0.25) is 0 Å². The van der Waals surface area contributed by atoms with E-state index in [4.69, 9.17) is 0 Å². The number of carbonyl (C=O) groups excluding carboxylic acids is 3. The third kappa shape index (κ3) is 5.92. The van der Waals surface area contributed by atoms with Gasteiger partial charge in [0.25, 0.3) is 5.91 Å². The number of thioether (sulfide) groups is 1. The van der Waals surface area contributed by atoms with Gasteiger partial charge in [-0.05, 0) is 19.4 Å². The van der Waals surface area contributed by atoms with Crippen molar-refractivity contribution in [2.45, 2.75) is 50.4 Å². The number of Topliss-reactive ketones (excluding diaryl/α,β-unsaturated/α-hetero) is 1. The minimum Gasteiger partial charge on any atom is -0.430 e. The van der Waals surface area contributed by atoms with Gasteiger partial charge in [-0.3, -0.25) is 19.9 Å². The lowest BCUT2D eigenvalue weighted by Crippen LogP contribution is -2.51. The smallest absolute Gasteiger partial charge is 0.430 e. The Hall–Kier alpha value is -2.14. The summed E-state index contributed by atoms with van der Waals surface area (Å²) in [5.41, 5.74) is 2.48. The molecule has 3 unspecified atom stereocenters. The summed E-state index contributed by atoms with van der Waals surface area (Å²) in [6.45, 7) is 3.85. The Labute approximate surface area is 170 Å². The van der Waals surface area contributed by atoms with Gasteiger partial charge >= 0.3 is 12.1 Å². The van der Waals surface area contributed by atoms with Gasteiger partial charge in [0.2, 0.25) is 6.23 Å². The molecule has 1 heterocycles. The second-order valence-corrected chi connectivity index (χ2v) is 7.66. The zero-order valence-corrected chi connectivity index (χ0v) is 17.0. The molecule has 11 heteroatoms. The molecule has 0 saturated carbocycles. The molecule has 1 aliphatic carbocycles. The van der Waals surface area contributed by atoms with Crippen molar-refractivity contribution in [2.75, 3.05) is 13.6 Å². The van der Waals surface area contributed by atoms with Crippen LogP contribution in [0.5, 0.6) is 0 Å². The van der Waals surface area contributed by atoms with Crippen LogP contribution in [0.4, 0.5) is 13.2 Å². The SMILES string of the molecule is CCC(C)NC(OC(=O)C(F)(F)F)C(=O)N(C)C1=CCC(=O)C(C2CN=CS2)=C1. The van der Waals surface area contributed by atoms with Gasteiger partial charge < -0.3 is 9.64 Å². The molecule has 1 amide bonds. The van der Waals surface area contributed by atoms with Crippen molar-refractivity contribution in [1.29, 1.82) is 0 Å². The fourth-order valence-electron chi connectivity index (χ4n) is 2.60. The number of ether oxygens (including phenoxy) is 1. The molecule has 0 fully saturated rings. The number of carbonyl (C=O) groups is 3. The van der Waals surface area contributed by atoms with Crippen molar-refractivity contribution in [3.8, 4) is 0 Å². The van der Waals surface area contributed by atoms with Gasteiger partial charge in [0.05, 0.1) is 17.3 Å². The minimum atomic E-state index is -5.22. The first-order valence-electron chi connectivity index (χ1n) is 8.94. The molecule has 29 heavy (non-hydrogen) atoms. The van der Waals surface area contributed by atoms with Crippen LogP contribution >= 0.6 is 11.8 Å². The molecule has 0 saturated heterocycles. The van der Waals surface area contributed by atoms with E-state index in [0.717, 1.165) is 4.90 Å². The lowest BCUT2D eigenvalue weighted by Gasteiger charge is -2.29. The van der Waals surface area contributed by atoms with Gasteiger partial charge in [0.15, 0.2) is 5.78 Å². The second-order valence-electron chi connectivity index (χ2n) is 6.61. The van der Waals surface area contributed by atoms with Crippen LogP contribution in [0.15, 0.2) is 28.4 Å². The molecule has 2 aliphatic rings. The molecule has 0 bridgehead atoms. The average molecular weight is 433 g/mol. The number of likely N-dealkylation sites (N-methyl/N-ethyl adjacent to an activating group) is 1. The minimum absolute atomic E-state index is 0.0572. The third-order valence-corrected chi connectivity index (χ3v) is 5.49. The van der Waals surface area contributed by atoms with Crippen LogP contribution in [0.25, 0.3) is 0 Å². The molecule has 7 nitrogen and oxygen atoms in total. The van der Waals surface area contributed by atoms with Gasteiger partial charge in [-0.1, -0.05) is 13.0 Å². The maximum atomic E-state index is 12.8. The molecule has 0 aromatic heterocycles. The maximum absolute atomic E-state index is 12.8. The summed E-state index contributed by atoms with van der Waals surface area (Å²) in [7, 11) is 1.35. The normalized spacial score (nSPS) is 21.3. The van der Waals surface area contributed by atoms with Crippen LogP contribution in [0.3, 0.4) is 0 Å². The number of halogens is 3. The second kappa shape index (κ2) is 9.57. The lowest BCUT2D eigenvalue weighted by atomic mass is 9.98. The molecule has 3 atom stereocenters. The predicted molar refractivity (Wildman–Crippen MR) is 102 cm³/mol. The first-order chi connectivity index (χ1) is 13.5. The summed E-state index contributed by atoms with van der Waals surface area (Å²) in [5.74, 6) is -3.44. The number of esters is 1. The largest absolute Gasteiger partial charge is 0.490 e. The lowest BCUT2D eigenvalue weighted by molar-refractivity contribution is -0.207. The van der Waals surface area contributed by atoms with Crippen molar-refractivity contribution in [2.24, 2.45) is 4.99 Å². The quantitative estimate of drug-likeness (QED) is 0.489. The van der Waals surface area contributed by atoms with Crippen LogP contribution in [-0.4, -0.2) is 65.4 Å². The number of hydrogen-bond donors (Lipinski definition) is 1. The third-order valence-electron chi connectivity index (χ3n) is 4.49. The summed E-state index contributed by atoms with van der Waals surface area (Å²) in [6, 6.07) is -0.376. The number of nitrogens with zero attached hydrogens (tertiary/aromatic N) is 2. The summed E-state index contributed by atoms with van der Waals surface area (Å²) in [4.78, 5) is 41.4. The van der Waals surface area contributed by atoms with Crippen molar-refractivity contribution in [3.05, 3.63) is 23.4 Å². The van der Waals surface area contributed by atoms with Crippen molar-refractivity contribution >= 4 is 35.0 Å². The van der Waals surface area contributed by atoms with E-state index in [1.54, 1.807) is 19.4 Å². The van der Waals surface area contributed by atoms with Gasteiger partial charge in [-0.15, -0.1) is 11.8 Å². The maximum Gasteiger partial charge on any atom is 0.490 e. The van der Waals surface area contributed by atoms with E-state index >= 15 is 0 Å². The number of nitrogens with one attached hydrogen (secondary N) is 1. The van der Waals surface area contributed by atoms with Crippen molar-refractivity contribution < 1.29 is 32.3 Å². The highest BCUT2D eigenvalue weighted by Gasteiger charge is 2.44. The number of alkyl halides is 3. The van der Waals surface area contributed by atoms with Gasteiger partial charge in [-0.2, -0.15) is 13.2 Å². The summed E-state index contributed by atoms with van der Waals surface area (Å²) < 4.78 is 42.2. The van der Waals surface area contributed by atoms with E-state index in [9.17, 15) is 27.6 Å². The van der Waals surface area contributed by atoms with Gasteiger partial charge in [0.1, 0.15) is 0 Å². The number of amides is 1. The Kier molecular flexibility index (Phi) is 7.64. The van der Waals surface area contributed by atoms with Crippen LogP contribution < -0.4 is 5.32 Å². The van der Waals surface area contributed by atoms with E-state index in [0.29, 0.717) is 24.2 Å². The Bertz CT molecular complexity index is 756. The summed E-state index contributed by atoms with van der Waals surface area (Å²) in [6.07, 6.45) is -3.45.